The lowest BCUT2D eigenvalue weighted by atomic mass is 10.1. The Morgan fingerprint density at radius 2 is 1.75 bits per heavy atom. The lowest BCUT2D eigenvalue weighted by molar-refractivity contribution is -0.137. The van der Waals surface area contributed by atoms with E-state index in [2.05, 4.69) is 4.72 Å². The van der Waals surface area contributed by atoms with Gasteiger partial charge in [-0.05, 0) is 42.3 Å². The highest BCUT2D eigenvalue weighted by Gasteiger charge is 2.31. The molecule has 0 fully saturated rings. The fourth-order valence-corrected chi connectivity index (χ4v) is 3.65. The monoisotopic (exact) mass is 355 g/mol. The molecule has 0 aliphatic heterocycles. The van der Waals surface area contributed by atoms with Gasteiger partial charge in [-0.15, -0.1) is 0 Å². The molecule has 24 heavy (non-hydrogen) atoms. The van der Waals surface area contributed by atoms with Gasteiger partial charge in [-0.25, -0.2) is 8.42 Å². The summed E-state index contributed by atoms with van der Waals surface area (Å²) in [7, 11) is -4.19. The number of aryl methyl sites for hydroxylation is 1. The molecule has 0 saturated carbocycles. The molecule has 0 bridgehead atoms. The first-order valence-corrected chi connectivity index (χ1v) is 8.51. The van der Waals surface area contributed by atoms with Crippen molar-refractivity contribution in [2.75, 3.05) is 4.72 Å². The van der Waals surface area contributed by atoms with Crippen LogP contribution in [0.25, 0.3) is 0 Å². The van der Waals surface area contributed by atoms with Gasteiger partial charge in [0.1, 0.15) is 0 Å². The van der Waals surface area contributed by atoms with Crippen molar-refractivity contribution in [3.05, 3.63) is 59.2 Å². The van der Waals surface area contributed by atoms with E-state index in [0.29, 0.717) is 24.5 Å². The highest BCUT2D eigenvalue weighted by atomic mass is 32.2. The number of hydrogen-bond donors (Lipinski definition) is 1. The second-order valence-electron chi connectivity index (χ2n) is 5.43. The zero-order chi connectivity index (χ0) is 17.5. The number of rotatable bonds is 3. The Bertz CT molecular complexity index is 920. The molecule has 1 aliphatic carbocycles. The second kappa shape index (κ2) is 5.62. The van der Waals surface area contributed by atoms with Crippen LogP contribution >= 0.6 is 0 Å². The predicted octanol–water partition coefficient (Wildman–Crippen LogP) is 3.64. The summed E-state index contributed by atoms with van der Waals surface area (Å²) in [5.74, 6) is -0.0786. The third kappa shape index (κ3) is 3.14. The molecule has 0 aromatic heterocycles. The maximum absolute atomic E-state index is 12.7. The Balaban J connectivity index is 1.93. The Hall–Kier alpha value is -2.35. The molecule has 126 valence electrons. The predicted molar refractivity (Wildman–Crippen MR) is 81.3 cm³/mol. The number of nitrogens with one attached hydrogen (secondary N) is 1. The van der Waals surface area contributed by atoms with Gasteiger partial charge in [-0.2, -0.15) is 13.2 Å². The molecular weight excluding hydrogens is 343 g/mol. The van der Waals surface area contributed by atoms with E-state index in [0.717, 1.165) is 23.8 Å². The lowest BCUT2D eigenvalue weighted by Crippen LogP contribution is -2.15. The minimum atomic E-state index is -4.63. The molecule has 0 amide bonds. The molecule has 0 saturated heterocycles. The number of benzene rings is 2. The topological polar surface area (TPSA) is 63.2 Å². The molecule has 1 N–H and O–H groups in total. The third-order valence-electron chi connectivity index (χ3n) is 3.76. The average Bonchev–Trinajstić information content (AvgIpc) is 2.87. The summed E-state index contributed by atoms with van der Waals surface area (Å²) in [6.07, 6.45) is -3.65. The number of fused-ring (bicyclic) bond motifs is 1. The molecule has 4 nitrogen and oxygen atoms in total. The van der Waals surface area contributed by atoms with Crippen LogP contribution < -0.4 is 4.72 Å². The summed E-state index contributed by atoms with van der Waals surface area (Å²) in [6, 6.07) is 8.02. The third-order valence-corrected chi connectivity index (χ3v) is 5.13. The van der Waals surface area contributed by atoms with Crippen molar-refractivity contribution < 1.29 is 26.4 Å². The van der Waals surface area contributed by atoms with Gasteiger partial charge in [0.25, 0.3) is 10.0 Å². The van der Waals surface area contributed by atoms with Crippen molar-refractivity contribution in [3.8, 4) is 0 Å². The summed E-state index contributed by atoms with van der Waals surface area (Å²) in [6.45, 7) is 0. The molecule has 2 aromatic carbocycles. The van der Waals surface area contributed by atoms with Crippen molar-refractivity contribution in [2.24, 2.45) is 0 Å². The van der Waals surface area contributed by atoms with E-state index in [-0.39, 0.29) is 11.5 Å². The maximum atomic E-state index is 12.7. The number of sulfonamides is 1. The number of Topliss-reactive ketones (excluding diaryl/α,β-unsaturated/α-hetero) is 1. The Labute approximate surface area is 136 Å². The highest BCUT2D eigenvalue weighted by molar-refractivity contribution is 7.92. The lowest BCUT2D eigenvalue weighted by Gasteiger charge is -2.11. The Kier molecular flexibility index (Phi) is 3.87. The van der Waals surface area contributed by atoms with E-state index >= 15 is 0 Å². The average molecular weight is 355 g/mol. The molecule has 1 aliphatic rings. The Morgan fingerprint density at radius 1 is 1.00 bits per heavy atom. The molecule has 0 unspecified atom stereocenters. The summed E-state index contributed by atoms with van der Waals surface area (Å²) < 4.78 is 65.0. The number of anilines is 1. The van der Waals surface area contributed by atoms with E-state index < -0.39 is 26.7 Å². The van der Waals surface area contributed by atoms with Gasteiger partial charge in [-0.1, -0.05) is 12.1 Å². The largest absolute Gasteiger partial charge is 0.416 e. The van der Waals surface area contributed by atoms with Gasteiger partial charge < -0.3 is 0 Å². The van der Waals surface area contributed by atoms with Gasteiger partial charge in [0.15, 0.2) is 5.78 Å². The van der Waals surface area contributed by atoms with Crippen LogP contribution in [0.1, 0.15) is 27.9 Å². The van der Waals surface area contributed by atoms with Crippen LogP contribution in [0.4, 0.5) is 18.9 Å². The highest BCUT2D eigenvalue weighted by Crippen LogP contribution is 2.31. The van der Waals surface area contributed by atoms with Crippen LogP contribution in [0.15, 0.2) is 47.4 Å². The second-order valence-corrected chi connectivity index (χ2v) is 7.11. The summed E-state index contributed by atoms with van der Waals surface area (Å²) in [5.41, 5.74) is 0.372. The minimum absolute atomic E-state index is 0.0786. The number of carbonyl (C=O) groups is 1. The van der Waals surface area contributed by atoms with Crippen LogP contribution in [0.5, 0.6) is 0 Å². The van der Waals surface area contributed by atoms with Gasteiger partial charge in [0.05, 0.1) is 10.5 Å². The van der Waals surface area contributed by atoms with E-state index in [1.807, 2.05) is 0 Å². The zero-order valence-corrected chi connectivity index (χ0v) is 13.0. The molecule has 0 heterocycles. The summed E-state index contributed by atoms with van der Waals surface area (Å²) in [5, 5.41) is 0. The summed E-state index contributed by atoms with van der Waals surface area (Å²) in [4.78, 5) is 11.2. The first-order valence-electron chi connectivity index (χ1n) is 7.03. The fourth-order valence-electron chi connectivity index (χ4n) is 2.55. The minimum Gasteiger partial charge on any atom is -0.294 e. The zero-order valence-electron chi connectivity index (χ0n) is 12.2. The van der Waals surface area contributed by atoms with Crippen LogP contribution in [0.2, 0.25) is 0 Å². The first kappa shape index (κ1) is 16.5. The number of halogens is 3. The molecule has 0 radical (unpaired) electrons. The van der Waals surface area contributed by atoms with E-state index in [1.54, 1.807) is 6.07 Å². The van der Waals surface area contributed by atoms with Crippen molar-refractivity contribution in [2.45, 2.75) is 23.9 Å². The molecule has 2 aromatic rings. The molecule has 8 heteroatoms. The number of alkyl halides is 3. The Morgan fingerprint density at radius 3 is 2.46 bits per heavy atom. The standard InChI is InChI=1S/C16H12F3NO3S/c17-16(18,19)11-2-1-3-13(8-11)24(22,23)20-12-6-4-10-5-7-15(21)14(10)9-12/h1-4,6,8-9,20H,5,7H2. The quantitative estimate of drug-likeness (QED) is 0.914. The summed E-state index contributed by atoms with van der Waals surface area (Å²) >= 11 is 0. The first-order chi connectivity index (χ1) is 11.2. The number of ketones is 1. The smallest absolute Gasteiger partial charge is 0.294 e. The van der Waals surface area contributed by atoms with Gasteiger partial charge in [-0.3, -0.25) is 9.52 Å². The van der Waals surface area contributed by atoms with Gasteiger partial charge in [0.2, 0.25) is 0 Å². The molecular formula is C16H12F3NO3S. The number of hydrogen-bond acceptors (Lipinski definition) is 3. The SMILES string of the molecule is O=C1CCc2ccc(NS(=O)(=O)c3cccc(C(F)(F)F)c3)cc21. The van der Waals surface area contributed by atoms with Crippen molar-refractivity contribution in [3.63, 3.8) is 0 Å². The van der Waals surface area contributed by atoms with E-state index in [1.165, 1.54) is 12.1 Å². The van der Waals surface area contributed by atoms with Crippen molar-refractivity contribution in [1.82, 2.24) is 0 Å². The number of carbonyl (C=O) groups excluding carboxylic acids is 1. The molecule has 0 spiro atoms. The molecule has 0 atom stereocenters. The van der Waals surface area contributed by atoms with Crippen molar-refractivity contribution in [1.29, 1.82) is 0 Å². The van der Waals surface area contributed by atoms with Crippen molar-refractivity contribution >= 4 is 21.5 Å². The van der Waals surface area contributed by atoms with Crippen LogP contribution in [-0.4, -0.2) is 14.2 Å². The molecule has 3 rings (SSSR count). The maximum Gasteiger partial charge on any atom is 0.416 e. The van der Waals surface area contributed by atoms with Gasteiger partial charge >= 0.3 is 6.18 Å². The van der Waals surface area contributed by atoms with E-state index in [4.69, 9.17) is 0 Å². The normalized spacial score (nSPS) is 14.5. The van der Waals surface area contributed by atoms with Crippen LogP contribution in [-0.2, 0) is 22.6 Å². The fraction of sp³-hybridized carbons (Fsp3) is 0.188. The van der Waals surface area contributed by atoms with Crippen LogP contribution in [0, 0.1) is 0 Å². The van der Waals surface area contributed by atoms with Crippen LogP contribution in [0.3, 0.4) is 0 Å². The van der Waals surface area contributed by atoms with E-state index in [9.17, 15) is 26.4 Å². The van der Waals surface area contributed by atoms with Gasteiger partial charge in [0, 0.05) is 17.7 Å².